The maximum atomic E-state index is 13.4. The van der Waals surface area contributed by atoms with E-state index >= 15 is 0 Å². The first-order valence-corrected chi connectivity index (χ1v) is 6.39. The number of benzene rings is 2. The Bertz CT molecular complexity index is 689. The number of halogens is 1. The molecular formula is C17H13FO2. The number of carbonyl (C=O) groups excluding carboxylic acids is 1. The number of carbonyl (C=O) groups is 1. The number of rotatable bonds is 2. The van der Waals surface area contributed by atoms with E-state index in [4.69, 9.17) is 4.74 Å². The zero-order chi connectivity index (χ0) is 14.1. The van der Waals surface area contributed by atoms with Gasteiger partial charge >= 0.3 is 0 Å². The van der Waals surface area contributed by atoms with Gasteiger partial charge in [0.1, 0.15) is 23.6 Å². The average molecular weight is 268 g/mol. The molecular weight excluding hydrogens is 255 g/mol. The van der Waals surface area contributed by atoms with Gasteiger partial charge in [0.2, 0.25) is 0 Å². The fraction of sp³-hybridized carbons (Fsp3) is 0.118. The SMILES string of the molecule is CC1=C(c2ccccc2)C(C=O)c2cc(F)ccc2O1. The van der Waals surface area contributed by atoms with Crippen molar-refractivity contribution < 1.29 is 13.9 Å². The molecule has 2 aromatic rings. The van der Waals surface area contributed by atoms with Crippen LogP contribution in [0.5, 0.6) is 5.75 Å². The van der Waals surface area contributed by atoms with Gasteiger partial charge in [-0.2, -0.15) is 0 Å². The zero-order valence-electron chi connectivity index (χ0n) is 11.0. The second-order valence-corrected chi connectivity index (χ2v) is 4.73. The van der Waals surface area contributed by atoms with E-state index in [-0.39, 0.29) is 5.82 Å². The smallest absolute Gasteiger partial charge is 0.132 e. The summed E-state index contributed by atoms with van der Waals surface area (Å²) < 4.78 is 19.2. The molecule has 1 aliphatic heterocycles. The maximum absolute atomic E-state index is 13.4. The highest BCUT2D eigenvalue weighted by Gasteiger charge is 2.29. The molecule has 20 heavy (non-hydrogen) atoms. The standard InChI is InChI=1S/C17H13FO2/c1-11-17(12-5-3-2-4-6-12)15(10-19)14-9-13(18)7-8-16(14)20-11/h2-10,15H,1H3. The first-order chi connectivity index (χ1) is 9.70. The first-order valence-electron chi connectivity index (χ1n) is 6.39. The summed E-state index contributed by atoms with van der Waals surface area (Å²) in [5.41, 5.74) is 2.28. The molecule has 0 amide bonds. The molecule has 0 bridgehead atoms. The average Bonchev–Trinajstić information content (AvgIpc) is 2.47. The van der Waals surface area contributed by atoms with Crippen LogP contribution < -0.4 is 4.74 Å². The van der Waals surface area contributed by atoms with Crippen LogP contribution in [0.1, 0.15) is 24.0 Å². The van der Waals surface area contributed by atoms with Crippen LogP contribution in [0.4, 0.5) is 4.39 Å². The number of hydrogen-bond acceptors (Lipinski definition) is 2. The van der Waals surface area contributed by atoms with E-state index < -0.39 is 5.92 Å². The molecule has 100 valence electrons. The Labute approximate surface area is 116 Å². The van der Waals surface area contributed by atoms with Crippen LogP contribution in [0.25, 0.3) is 5.57 Å². The highest BCUT2D eigenvalue weighted by atomic mass is 19.1. The Hall–Kier alpha value is -2.42. The predicted molar refractivity (Wildman–Crippen MR) is 74.9 cm³/mol. The molecule has 0 aromatic heterocycles. The first kappa shape index (κ1) is 12.6. The summed E-state index contributed by atoms with van der Waals surface area (Å²) in [5, 5.41) is 0. The Balaban J connectivity index is 2.18. The van der Waals surface area contributed by atoms with Crippen LogP contribution in [0.3, 0.4) is 0 Å². The summed E-state index contributed by atoms with van der Waals surface area (Å²) in [4.78, 5) is 11.6. The van der Waals surface area contributed by atoms with Crippen LogP contribution in [-0.4, -0.2) is 6.29 Å². The molecule has 1 unspecified atom stereocenters. The molecule has 0 spiro atoms. The van der Waals surface area contributed by atoms with Crippen LogP contribution >= 0.6 is 0 Å². The van der Waals surface area contributed by atoms with Gasteiger partial charge in [0.05, 0.1) is 5.92 Å². The van der Waals surface area contributed by atoms with Crippen molar-refractivity contribution in [2.24, 2.45) is 0 Å². The van der Waals surface area contributed by atoms with E-state index in [9.17, 15) is 9.18 Å². The lowest BCUT2D eigenvalue weighted by molar-refractivity contribution is -0.108. The summed E-state index contributed by atoms with van der Waals surface area (Å²) in [7, 11) is 0. The highest BCUT2D eigenvalue weighted by molar-refractivity contribution is 5.89. The van der Waals surface area contributed by atoms with Gasteiger partial charge in [-0.25, -0.2) is 4.39 Å². The van der Waals surface area contributed by atoms with Gasteiger partial charge in [-0.05, 0) is 30.7 Å². The number of ether oxygens (including phenoxy) is 1. The summed E-state index contributed by atoms with van der Waals surface area (Å²) >= 11 is 0. The molecule has 0 radical (unpaired) electrons. The monoisotopic (exact) mass is 268 g/mol. The number of fused-ring (bicyclic) bond motifs is 1. The predicted octanol–water partition coefficient (Wildman–Crippen LogP) is 3.93. The number of hydrogen-bond donors (Lipinski definition) is 0. The summed E-state index contributed by atoms with van der Waals surface area (Å²) in [6.45, 7) is 1.82. The van der Waals surface area contributed by atoms with Crippen molar-refractivity contribution in [2.75, 3.05) is 0 Å². The van der Waals surface area contributed by atoms with Crippen molar-refractivity contribution in [3.63, 3.8) is 0 Å². The molecule has 0 N–H and O–H groups in total. The van der Waals surface area contributed by atoms with Crippen molar-refractivity contribution in [2.45, 2.75) is 12.8 Å². The minimum atomic E-state index is -0.503. The Kier molecular flexibility index (Phi) is 3.11. The lowest BCUT2D eigenvalue weighted by Gasteiger charge is -2.26. The summed E-state index contributed by atoms with van der Waals surface area (Å²) in [5.74, 6) is 0.344. The van der Waals surface area contributed by atoms with Gasteiger partial charge in [-0.3, -0.25) is 0 Å². The van der Waals surface area contributed by atoms with Crippen LogP contribution in [0.15, 0.2) is 54.3 Å². The normalized spacial score (nSPS) is 17.4. The van der Waals surface area contributed by atoms with Crippen LogP contribution in [0, 0.1) is 5.82 Å². The van der Waals surface area contributed by atoms with E-state index in [2.05, 4.69) is 0 Å². The van der Waals surface area contributed by atoms with Gasteiger partial charge in [-0.15, -0.1) is 0 Å². The third-order valence-electron chi connectivity index (χ3n) is 3.48. The molecule has 3 heteroatoms. The summed E-state index contributed by atoms with van der Waals surface area (Å²) in [6.07, 6.45) is 0.840. The van der Waals surface area contributed by atoms with Crippen molar-refractivity contribution in [3.8, 4) is 5.75 Å². The third-order valence-corrected chi connectivity index (χ3v) is 3.48. The topological polar surface area (TPSA) is 26.3 Å². The molecule has 0 saturated heterocycles. The zero-order valence-corrected chi connectivity index (χ0v) is 11.0. The Morgan fingerprint density at radius 2 is 1.90 bits per heavy atom. The second kappa shape index (κ2) is 4.93. The van der Waals surface area contributed by atoms with Gasteiger partial charge in [0.25, 0.3) is 0 Å². The maximum Gasteiger partial charge on any atom is 0.132 e. The fourth-order valence-electron chi connectivity index (χ4n) is 2.59. The fourth-order valence-corrected chi connectivity index (χ4v) is 2.59. The minimum absolute atomic E-state index is 0.369. The van der Waals surface area contributed by atoms with Gasteiger partial charge in [-0.1, -0.05) is 30.3 Å². The Morgan fingerprint density at radius 1 is 1.15 bits per heavy atom. The molecule has 2 nitrogen and oxygen atoms in total. The molecule has 1 aliphatic rings. The molecule has 0 fully saturated rings. The van der Waals surface area contributed by atoms with E-state index in [0.29, 0.717) is 17.1 Å². The van der Waals surface area contributed by atoms with Crippen molar-refractivity contribution in [1.82, 2.24) is 0 Å². The minimum Gasteiger partial charge on any atom is -0.461 e. The van der Waals surface area contributed by atoms with Gasteiger partial charge in [0.15, 0.2) is 0 Å². The lowest BCUT2D eigenvalue weighted by Crippen LogP contribution is -2.15. The van der Waals surface area contributed by atoms with Crippen molar-refractivity contribution in [3.05, 3.63) is 71.2 Å². The molecule has 2 aromatic carbocycles. The Morgan fingerprint density at radius 3 is 2.60 bits per heavy atom. The largest absolute Gasteiger partial charge is 0.461 e. The van der Waals surface area contributed by atoms with E-state index in [0.717, 1.165) is 17.4 Å². The van der Waals surface area contributed by atoms with E-state index in [1.807, 2.05) is 37.3 Å². The third kappa shape index (κ3) is 2.01. The quantitative estimate of drug-likeness (QED) is 0.771. The van der Waals surface area contributed by atoms with E-state index in [1.165, 1.54) is 12.1 Å². The van der Waals surface area contributed by atoms with Crippen LogP contribution in [0.2, 0.25) is 0 Å². The van der Waals surface area contributed by atoms with Crippen molar-refractivity contribution >= 4 is 11.9 Å². The number of aldehydes is 1. The molecule has 1 heterocycles. The number of allylic oxidation sites excluding steroid dienone is 2. The molecule has 0 saturated carbocycles. The second-order valence-electron chi connectivity index (χ2n) is 4.73. The summed E-state index contributed by atoms with van der Waals surface area (Å²) in [6, 6.07) is 13.8. The molecule has 3 rings (SSSR count). The molecule has 1 atom stereocenters. The lowest BCUT2D eigenvalue weighted by atomic mass is 9.85. The van der Waals surface area contributed by atoms with Crippen molar-refractivity contribution in [1.29, 1.82) is 0 Å². The van der Waals surface area contributed by atoms with E-state index in [1.54, 1.807) is 6.07 Å². The van der Waals surface area contributed by atoms with Gasteiger partial charge in [0, 0.05) is 11.1 Å². The molecule has 0 aliphatic carbocycles. The van der Waals surface area contributed by atoms with Crippen LogP contribution in [-0.2, 0) is 4.79 Å². The van der Waals surface area contributed by atoms with Gasteiger partial charge < -0.3 is 9.53 Å². The highest BCUT2D eigenvalue weighted by Crippen LogP contribution is 2.42.